The summed E-state index contributed by atoms with van der Waals surface area (Å²) in [6, 6.07) is 4.42. The lowest BCUT2D eigenvalue weighted by atomic mass is 9.96. The minimum atomic E-state index is -4.77. The maximum atomic E-state index is 14.0. The highest BCUT2D eigenvalue weighted by molar-refractivity contribution is 5.82. The molecule has 0 heterocycles. The predicted molar refractivity (Wildman–Crippen MR) is 67.8 cm³/mol. The first-order valence-electron chi connectivity index (χ1n) is 5.79. The second kappa shape index (κ2) is 5.17. The minimum absolute atomic E-state index is 0.0231. The third-order valence-electron chi connectivity index (χ3n) is 2.99. The van der Waals surface area contributed by atoms with Crippen LogP contribution in [0.3, 0.4) is 0 Å². The van der Waals surface area contributed by atoms with Gasteiger partial charge in [0.25, 0.3) is 0 Å². The number of hydrogen-bond acceptors (Lipinski definition) is 0. The van der Waals surface area contributed by atoms with E-state index < -0.39 is 34.5 Å². The van der Waals surface area contributed by atoms with Crippen LogP contribution in [-0.2, 0) is 6.18 Å². The number of halogens is 5. The second-order valence-corrected chi connectivity index (χ2v) is 4.39. The lowest BCUT2D eigenvalue weighted by molar-refractivity contribution is -0.137. The Labute approximate surface area is 117 Å². The predicted octanol–water partition coefficient (Wildman–Crippen LogP) is 5.51. The topological polar surface area (TPSA) is 4.36 Å². The minimum Gasteiger partial charge on any atom is -0.238 e. The lowest BCUT2D eigenvalue weighted by Gasteiger charge is -2.15. The Hall–Kier alpha value is -2.42. The van der Waals surface area contributed by atoms with Crippen LogP contribution in [0.5, 0.6) is 0 Å². The molecule has 0 spiro atoms. The van der Waals surface area contributed by atoms with E-state index in [-0.39, 0.29) is 11.3 Å². The molecule has 0 bridgehead atoms. The van der Waals surface area contributed by atoms with Gasteiger partial charge in [-0.3, -0.25) is 0 Å². The maximum absolute atomic E-state index is 14.0. The zero-order chi connectivity index (χ0) is 15.8. The van der Waals surface area contributed by atoms with Crippen LogP contribution < -0.4 is 0 Å². The average Bonchev–Trinajstić information content (AvgIpc) is 2.41. The Morgan fingerprint density at radius 3 is 2.29 bits per heavy atom. The quantitative estimate of drug-likeness (QED) is 0.483. The van der Waals surface area contributed by atoms with E-state index in [1.807, 2.05) is 0 Å². The number of rotatable bonds is 1. The molecule has 1 nitrogen and oxygen atoms in total. The van der Waals surface area contributed by atoms with E-state index >= 15 is 0 Å². The molecule has 2 rings (SSSR count). The third-order valence-corrected chi connectivity index (χ3v) is 2.99. The molecule has 6 heteroatoms. The molecular formula is C15H8F5N. The Kier molecular flexibility index (Phi) is 3.69. The Bertz CT molecular complexity index is 741. The van der Waals surface area contributed by atoms with Crippen molar-refractivity contribution in [1.29, 1.82) is 0 Å². The third kappa shape index (κ3) is 2.72. The number of hydrogen-bond donors (Lipinski definition) is 0. The molecule has 0 atom stereocenters. The van der Waals surface area contributed by atoms with Crippen LogP contribution in [0.1, 0.15) is 11.1 Å². The molecular weight excluding hydrogens is 289 g/mol. The van der Waals surface area contributed by atoms with Gasteiger partial charge in [-0.05, 0) is 24.6 Å². The lowest BCUT2D eigenvalue weighted by Crippen LogP contribution is -2.08. The molecule has 0 radical (unpaired) electrons. The zero-order valence-corrected chi connectivity index (χ0v) is 10.7. The summed E-state index contributed by atoms with van der Waals surface area (Å²) in [5.41, 5.74) is -2.79. The van der Waals surface area contributed by atoms with Crippen molar-refractivity contribution in [3.8, 4) is 11.1 Å². The summed E-state index contributed by atoms with van der Waals surface area (Å²) in [6.07, 6.45) is -4.77. The van der Waals surface area contributed by atoms with Crippen LogP contribution in [0.2, 0.25) is 0 Å². The van der Waals surface area contributed by atoms with E-state index in [4.69, 9.17) is 6.57 Å². The highest BCUT2D eigenvalue weighted by Crippen LogP contribution is 2.43. The fraction of sp³-hybridized carbons (Fsp3) is 0.133. The van der Waals surface area contributed by atoms with Gasteiger partial charge in [-0.25, -0.2) is 13.6 Å². The summed E-state index contributed by atoms with van der Waals surface area (Å²) >= 11 is 0. The first kappa shape index (κ1) is 15.0. The Morgan fingerprint density at radius 2 is 1.71 bits per heavy atom. The number of benzene rings is 2. The van der Waals surface area contributed by atoms with E-state index in [1.165, 1.54) is 6.92 Å². The summed E-state index contributed by atoms with van der Waals surface area (Å²) in [7, 11) is 0. The number of nitrogens with zero attached hydrogens (tertiary/aromatic N) is 1. The van der Waals surface area contributed by atoms with E-state index in [0.29, 0.717) is 6.07 Å². The van der Waals surface area contributed by atoms with Crippen molar-refractivity contribution < 1.29 is 22.0 Å². The summed E-state index contributed by atoms with van der Waals surface area (Å²) in [6.45, 7) is 8.24. The van der Waals surface area contributed by atoms with E-state index in [1.54, 1.807) is 0 Å². The molecule has 21 heavy (non-hydrogen) atoms. The first-order valence-corrected chi connectivity index (χ1v) is 5.79. The van der Waals surface area contributed by atoms with E-state index in [2.05, 4.69) is 4.85 Å². The molecule has 108 valence electrons. The van der Waals surface area contributed by atoms with Gasteiger partial charge in [-0.2, -0.15) is 13.2 Å². The van der Waals surface area contributed by atoms with Gasteiger partial charge in [0.15, 0.2) is 5.69 Å². The maximum Gasteiger partial charge on any atom is 0.415 e. The van der Waals surface area contributed by atoms with Gasteiger partial charge in [0.05, 0.1) is 12.1 Å². The van der Waals surface area contributed by atoms with Gasteiger partial charge in [-0.1, -0.05) is 18.2 Å². The molecule has 2 aromatic carbocycles. The molecule has 0 aromatic heterocycles. The summed E-state index contributed by atoms with van der Waals surface area (Å²) in [4.78, 5) is 2.98. The summed E-state index contributed by atoms with van der Waals surface area (Å²) in [5.74, 6) is -1.84. The Balaban J connectivity index is 2.86. The molecule has 0 amide bonds. The SMILES string of the molecule is [C-]#[N+]c1cccc(C(F)(F)F)c1-c1cc(F)c(C)cc1F. The number of alkyl halides is 3. The van der Waals surface area contributed by atoms with Crippen molar-refractivity contribution in [2.75, 3.05) is 0 Å². The van der Waals surface area contributed by atoms with Crippen molar-refractivity contribution >= 4 is 5.69 Å². The van der Waals surface area contributed by atoms with Gasteiger partial charge >= 0.3 is 6.18 Å². The monoisotopic (exact) mass is 297 g/mol. The van der Waals surface area contributed by atoms with E-state index in [9.17, 15) is 22.0 Å². The first-order chi connectivity index (χ1) is 9.75. The second-order valence-electron chi connectivity index (χ2n) is 4.39. The standard InChI is InChI=1S/C15H8F5N/c1-8-6-12(17)9(7-11(8)16)14-10(15(18,19)20)4-3-5-13(14)21-2/h3-7H,1H3. The van der Waals surface area contributed by atoms with Crippen molar-refractivity contribution in [2.24, 2.45) is 0 Å². The highest BCUT2D eigenvalue weighted by atomic mass is 19.4. The van der Waals surface area contributed by atoms with Crippen molar-refractivity contribution in [3.05, 3.63) is 64.5 Å². The molecule has 0 aliphatic heterocycles. The summed E-state index contributed by atoms with van der Waals surface area (Å²) < 4.78 is 66.7. The van der Waals surface area contributed by atoms with Crippen LogP contribution in [0, 0.1) is 25.1 Å². The van der Waals surface area contributed by atoms with Gasteiger partial charge in [-0.15, -0.1) is 0 Å². The van der Waals surface area contributed by atoms with Crippen molar-refractivity contribution in [2.45, 2.75) is 13.1 Å². The van der Waals surface area contributed by atoms with Gasteiger partial charge in [0.1, 0.15) is 11.6 Å². The molecule has 0 saturated carbocycles. The van der Waals surface area contributed by atoms with Gasteiger partial charge < -0.3 is 0 Å². The van der Waals surface area contributed by atoms with Crippen LogP contribution in [-0.4, -0.2) is 0 Å². The fourth-order valence-corrected chi connectivity index (χ4v) is 1.99. The highest BCUT2D eigenvalue weighted by Gasteiger charge is 2.35. The Morgan fingerprint density at radius 1 is 1.05 bits per heavy atom. The van der Waals surface area contributed by atoms with Crippen molar-refractivity contribution in [1.82, 2.24) is 0 Å². The van der Waals surface area contributed by atoms with Crippen LogP contribution in [0.15, 0.2) is 30.3 Å². The molecule has 0 unspecified atom stereocenters. The normalized spacial score (nSPS) is 11.3. The molecule has 0 N–H and O–H groups in total. The smallest absolute Gasteiger partial charge is 0.238 e. The largest absolute Gasteiger partial charge is 0.415 e. The molecule has 0 fully saturated rings. The fourth-order valence-electron chi connectivity index (χ4n) is 1.99. The molecule has 0 aliphatic rings. The molecule has 0 aliphatic carbocycles. The molecule has 0 saturated heterocycles. The van der Waals surface area contributed by atoms with Gasteiger partial charge in [0, 0.05) is 11.1 Å². The van der Waals surface area contributed by atoms with Crippen LogP contribution in [0.25, 0.3) is 16.0 Å². The summed E-state index contributed by atoms with van der Waals surface area (Å²) in [5, 5.41) is 0. The van der Waals surface area contributed by atoms with E-state index in [0.717, 1.165) is 24.3 Å². The zero-order valence-electron chi connectivity index (χ0n) is 10.7. The average molecular weight is 297 g/mol. The number of aryl methyl sites for hydroxylation is 1. The van der Waals surface area contributed by atoms with Crippen LogP contribution >= 0.6 is 0 Å². The van der Waals surface area contributed by atoms with Crippen molar-refractivity contribution in [3.63, 3.8) is 0 Å². The van der Waals surface area contributed by atoms with Gasteiger partial charge in [0.2, 0.25) is 0 Å². The van der Waals surface area contributed by atoms with Crippen LogP contribution in [0.4, 0.5) is 27.6 Å². The molecule has 2 aromatic rings.